The summed E-state index contributed by atoms with van der Waals surface area (Å²) >= 11 is 5.83. The van der Waals surface area contributed by atoms with E-state index >= 15 is 0 Å². The molecule has 0 saturated heterocycles. The van der Waals surface area contributed by atoms with E-state index in [4.69, 9.17) is 16.0 Å². The summed E-state index contributed by atoms with van der Waals surface area (Å²) in [5, 5.41) is 3.60. The first-order valence-corrected chi connectivity index (χ1v) is 11.8. The molecule has 3 atom stereocenters. The molecule has 0 radical (unpaired) electrons. The van der Waals surface area contributed by atoms with Gasteiger partial charge in [-0.1, -0.05) is 50.4 Å². The molecule has 7 heteroatoms. The first-order chi connectivity index (χ1) is 13.2. The van der Waals surface area contributed by atoms with Crippen LogP contribution in [-0.4, -0.2) is 20.4 Å². The summed E-state index contributed by atoms with van der Waals surface area (Å²) in [7, 11) is -3.42. The molecule has 1 aromatic heterocycles. The third-order valence-electron chi connectivity index (χ3n) is 5.57. The average Bonchev–Trinajstić information content (AvgIpc) is 3.08. The van der Waals surface area contributed by atoms with Gasteiger partial charge in [0.05, 0.1) is 5.75 Å². The van der Waals surface area contributed by atoms with Crippen molar-refractivity contribution >= 4 is 27.3 Å². The van der Waals surface area contributed by atoms with Crippen molar-refractivity contribution < 1.29 is 17.6 Å². The van der Waals surface area contributed by atoms with E-state index in [1.807, 2.05) is 0 Å². The molecular formula is C21H26ClNO4S. The second kappa shape index (κ2) is 8.70. The Morgan fingerprint density at radius 2 is 1.82 bits per heavy atom. The highest BCUT2D eigenvalue weighted by molar-refractivity contribution is 7.89. The zero-order valence-corrected chi connectivity index (χ0v) is 17.7. The molecule has 1 heterocycles. The van der Waals surface area contributed by atoms with E-state index in [2.05, 4.69) is 19.2 Å². The molecule has 1 saturated carbocycles. The fourth-order valence-electron chi connectivity index (χ4n) is 3.71. The van der Waals surface area contributed by atoms with Crippen molar-refractivity contribution in [3.05, 3.63) is 58.5 Å². The van der Waals surface area contributed by atoms with Gasteiger partial charge in [-0.2, -0.15) is 0 Å². The predicted molar refractivity (Wildman–Crippen MR) is 110 cm³/mol. The topological polar surface area (TPSA) is 76.4 Å². The molecule has 28 heavy (non-hydrogen) atoms. The zero-order chi connectivity index (χ0) is 20.3. The SMILES string of the molecule is C[C@H]1[C@H](C)CCC[C@@H]1NC(=O)c1ccc(CS(=O)(=O)Cc2ccc(Cl)cc2)o1. The maximum atomic E-state index is 12.5. The lowest BCUT2D eigenvalue weighted by atomic mass is 9.78. The van der Waals surface area contributed by atoms with E-state index in [1.165, 1.54) is 6.42 Å². The van der Waals surface area contributed by atoms with Crippen LogP contribution in [0.5, 0.6) is 0 Å². The van der Waals surface area contributed by atoms with Gasteiger partial charge in [-0.05, 0) is 48.1 Å². The molecule has 0 unspecified atom stereocenters. The lowest BCUT2D eigenvalue weighted by molar-refractivity contribution is 0.0861. The van der Waals surface area contributed by atoms with E-state index in [0.717, 1.165) is 12.8 Å². The third-order valence-corrected chi connectivity index (χ3v) is 7.32. The number of amides is 1. The zero-order valence-electron chi connectivity index (χ0n) is 16.2. The van der Waals surface area contributed by atoms with Crippen LogP contribution in [0.25, 0.3) is 0 Å². The Morgan fingerprint density at radius 1 is 1.11 bits per heavy atom. The van der Waals surface area contributed by atoms with Gasteiger partial charge in [0, 0.05) is 11.1 Å². The molecule has 152 valence electrons. The lowest BCUT2D eigenvalue weighted by Gasteiger charge is -2.34. The summed E-state index contributed by atoms with van der Waals surface area (Å²) in [6, 6.07) is 9.92. The maximum Gasteiger partial charge on any atom is 0.287 e. The summed E-state index contributed by atoms with van der Waals surface area (Å²) in [5.74, 6) is 0.763. The van der Waals surface area contributed by atoms with E-state index in [9.17, 15) is 13.2 Å². The number of carbonyl (C=O) groups excluding carboxylic acids is 1. The van der Waals surface area contributed by atoms with Crippen molar-refractivity contribution in [3.63, 3.8) is 0 Å². The van der Waals surface area contributed by atoms with Gasteiger partial charge in [-0.25, -0.2) is 8.42 Å². The van der Waals surface area contributed by atoms with Gasteiger partial charge in [-0.15, -0.1) is 0 Å². The second-order valence-electron chi connectivity index (χ2n) is 7.77. The van der Waals surface area contributed by atoms with Crippen molar-refractivity contribution in [2.24, 2.45) is 11.8 Å². The van der Waals surface area contributed by atoms with Gasteiger partial charge in [0.2, 0.25) is 0 Å². The summed E-state index contributed by atoms with van der Waals surface area (Å²) in [6.45, 7) is 4.37. The lowest BCUT2D eigenvalue weighted by Crippen LogP contribution is -2.43. The summed E-state index contributed by atoms with van der Waals surface area (Å²) in [4.78, 5) is 12.5. The van der Waals surface area contributed by atoms with Gasteiger partial charge in [-0.3, -0.25) is 4.79 Å². The molecule has 1 N–H and O–H groups in total. The Bertz CT molecular complexity index is 920. The van der Waals surface area contributed by atoms with Crippen LogP contribution in [0.1, 0.15) is 55.0 Å². The molecule has 5 nitrogen and oxygen atoms in total. The van der Waals surface area contributed by atoms with Crippen molar-refractivity contribution in [3.8, 4) is 0 Å². The van der Waals surface area contributed by atoms with Gasteiger partial charge < -0.3 is 9.73 Å². The Labute approximate surface area is 171 Å². The van der Waals surface area contributed by atoms with Gasteiger partial charge in [0.15, 0.2) is 15.6 Å². The smallest absolute Gasteiger partial charge is 0.287 e. The van der Waals surface area contributed by atoms with Gasteiger partial charge in [0.25, 0.3) is 5.91 Å². The Kier molecular flexibility index (Phi) is 6.50. The number of carbonyl (C=O) groups is 1. The number of halogens is 1. The Morgan fingerprint density at radius 3 is 2.54 bits per heavy atom. The molecule has 3 rings (SSSR count). The Balaban J connectivity index is 1.61. The molecule has 1 amide bonds. The van der Waals surface area contributed by atoms with Crippen LogP contribution in [0.4, 0.5) is 0 Å². The number of hydrogen-bond acceptors (Lipinski definition) is 4. The molecular weight excluding hydrogens is 398 g/mol. The minimum atomic E-state index is -3.42. The standard InChI is InChI=1S/C21H26ClNO4S/c1-14-4-3-5-19(15(14)2)23-21(24)20-11-10-18(27-20)13-28(25,26)12-16-6-8-17(22)9-7-16/h6-11,14-15,19H,3-5,12-13H2,1-2H3,(H,23,24)/t14-,15+,19+/m1/s1. The second-order valence-corrected chi connectivity index (χ2v) is 10.3. The quantitative estimate of drug-likeness (QED) is 0.736. The molecule has 1 aliphatic rings. The number of rotatable bonds is 6. The minimum Gasteiger partial charge on any atom is -0.455 e. The number of benzene rings is 1. The van der Waals surface area contributed by atoms with E-state index in [0.29, 0.717) is 22.4 Å². The van der Waals surface area contributed by atoms with E-state index < -0.39 is 9.84 Å². The molecule has 1 aromatic carbocycles. The third kappa shape index (κ3) is 5.39. The first kappa shape index (κ1) is 20.9. The molecule has 1 aliphatic carbocycles. The minimum absolute atomic E-state index is 0.107. The summed E-state index contributed by atoms with van der Waals surface area (Å²) in [6.07, 6.45) is 3.24. The van der Waals surface area contributed by atoms with Crippen molar-refractivity contribution in [2.45, 2.75) is 50.7 Å². The fourth-order valence-corrected chi connectivity index (χ4v) is 5.22. The first-order valence-electron chi connectivity index (χ1n) is 9.58. The van der Waals surface area contributed by atoms with Crippen molar-refractivity contribution in [1.82, 2.24) is 5.32 Å². The molecule has 2 aromatic rings. The van der Waals surface area contributed by atoms with Crippen LogP contribution in [0.2, 0.25) is 5.02 Å². The average molecular weight is 424 g/mol. The van der Waals surface area contributed by atoms with E-state index in [-0.39, 0.29) is 35.0 Å². The normalized spacial score (nSPS) is 22.8. The summed E-state index contributed by atoms with van der Waals surface area (Å²) in [5.41, 5.74) is 0.661. The van der Waals surface area contributed by atoms with Crippen LogP contribution < -0.4 is 5.32 Å². The molecule has 0 aliphatic heterocycles. The van der Waals surface area contributed by atoms with Crippen LogP contribution in [0.3, 0.4) is 0 Å². The molecule has 0 bridgehead atoms. The maximum absolute atomic E-state index is 12.5. The van der Waals surface area contributed by atoms with Crippen molar-refractivity contribution in [2.75, 3.05) is 0 Å². The van der Waals surface area contributed by atoms with Crippen LogP contribution in [0, 0.1) is 11.8 Å². The monoisotopic (exact) mass is 423 g/mol. The predicted octanol–water partition coefficient (Wildman–Crippen LogP) is 4.60. The number of furan rings is 1. The Hall–Kier alpha value is -1.79. The van der Waals surface area contributed by atoms with E-state index in [1.54, 1.807) is 36.4 Å². The number of nitrogens with one attached hydrogen (secondary N) is 1. The van der Waals surface area contributed by atoms with Gasteiger partial charge in [0.1, 0.15) is 11.5 Å². The van der Waals surface area contributed by atoms with Crippen molar-refractivity contribution in [1.29, 1.82) is 0 Å². The molecule has 0 spiro atoms. The molecule has 1 fully saturated rings. The highest BCUT2D eigenvalue weighted by atomic mass is 35.5. The van der Waals surface area contributed by atoms with Crippen LogP contribution in [-0.2, 0) is 21.3 Å². The van der Waals surface area contributed by atoms with Gasteiger partial charge >= 0.3 is 0 Å². The highest BCUT2D eigenvalue weighted by Crippen LogP contribution is 2.29. The largest absolute Gasteiger partial charge is 0.455 e. The van der Waals surface area contributed by atoms with Crippen LogP contribution >= 0.6 is 11.6 Å². The number of hydrogen-bond donors (Lipinski definition) is 1. The summed E-state index contributed by atoms with van der Waals surface area (Å²) < 4.78 is 30.4. The van der Waals surface area contributed by atoms with Crippen LogP contribution in [0.15, 0.2) is 40.8 Å². The fraction of sp³-hybridized carbons (Fsp3) is 0.476. The highest BCUT2D eigenvalue weighted by Gasteiger charge is 2.29. The number of sulfone groups is 1.